The van der Waals surface area contributed by atoms with Crippen molar-refractivity contribution in [1.29, 1.82) is 0 Å². The monoisotopic (exact) mass is 182 g/mol. The lowest BCUT2D eigenvalue weighted by Crippen LogP contribution is -2.10. The van der Waals surface area contributed by atoms with Crippen molar-refractivity contribution in [3.63, 3.8) is 0 Å². The van der Waals surface area contributed by atoms with E-state index >= 15 is 0 Å². The van der Waals surface area contributed by atoms with Gasteiger partial charge in [0.1, 0.15) is 6.29 Å². The van der Waals surface area contributed by atoms with E-state index in [9.17, 15) is 4.79 Å². The van der Waals surface area contributed by atoms with Crippen molar-refractivity contribution < 1.29 is 4.79 Å². The van der Waals surface area contributed by atoms with Gasteiger partial charge < -0.3 is 4.79 Å². The fraction of sp³-hybridized carbons (Fsp3) is 0.917. The Labute approximate surface area is 81.9 Å². The highest BCUT2D eigenvalue weighted by molar-refractivity contribution is 5.63. The van der Waals surface area contributed by atoms with E-state index in [1.807, 2.05) is 0 Å². The Balaban J connectivity index is 2.32. The molecule has 1 aliphatic rings. The van der Waals surface area contributed by atoms with Gasteiger partial charge in [0.25, 0.3) is 0 Å². The third-order valence-corrected chi connectivity index (χ3v) is 3.23. The van der Waals surface area contributed by atoms with Gasteiger partial charge in [0, 0.05) is 5.41 Å². The first-order valence-corrected chi connectivity index (χ1v) is 5.72. The molecule has 76 valence electrons. The molecule has 1 heteroatoms. The second kappa shape index (κ2) is 4.78. The third kappa shape index (κ3) is 3.13. The maximum atomic E-state index is 10.8. The Hall–Kier alpha value is -0.330. The lowest BCUT2D eigenvalue weighted by Gasteiger charge is -2.18. The van der Waals surface area contributed by atoms with Crippen molar-refractivity contribution in [3.05, 3.63) is 0 Å². The molecule has 13 heavy (non-hydrogen) atoms. The largest absolute Gasteiger partial charge is 0.303 e. The highest BCUT2D eigenvalue weighted by Gasteiger charge is 2.43. The molecule has 0 aromatic heterocycles. The first-order chi connectivity index (χ1) is 6.26. The van der Waals surface area contributed by atoms with E-state index in [0.29, 0.717) is 0 Å². The molecule has 1 aliphatic carbocycles. The van der Waals surface area contributed by atoms with Crippen LogP contribution in [-0.4, -0.2) is 6.29 Å². The van der Waals surface area contributed by atoms with Gasteiger partial charge in [-0.3, -0.25) is 0 Å². The van der Waals surface area contributed by atoms with Crippen LogP contribution in [0.3, 0.4) is 0 Å². The molecule has 0 aromatic rings. The van der Waals surface area contributed by atoms with Gasteiger partial charge in [-0.1, -0.05) is 39.5 Å². The summed E-state index contributed by atoms with van der Waals surface area (Å²) in [5.74, 6) is 0.808. The number of aldehydes is 1. The van der Waals surface area contributed by atoms with Crippen LogP contribution in [0, 0.1) is 11.3 Å². The fourth-order valence-electron chi connectivity index (χ4n) is 2.27. The third-order valence-electron chi connectivity index (χ3n) is 3.23. The summed E-state index contributed by atoms with van der Waals surface area (Å²) >= 11 is 0. The van der Waals surface area contributed by atoms with E-state index in [4.69, 9.17) is 0 Å². The van der Waals surface area contributed by atoms with Gasteiger partial charge >= 0.3 is 0 Å². The van der Waals surface area contributed by atoms with Crippen molar-refractivity contribution in [1.82, 2.24) is 0 Å². The first-order valence-electron chi connectivity index (χ1n) is 5.72. The summed E-state index contributed by atoms with van der Waals surface area (Å²) in [7, 11) is 0. The van der Waals surface area contributed by atoms with Crippen LogP contribution in [0.2, 0.25) is 0 Å². The van der Waals surface area contributed by atoms with Gasteiger partial charge in [-0.2, -0.15) is 0 Å². The molecule has 0 saturated heterocycles. The quantitative estimate of drug-likeness (QED) is 0.550. The van der Waals surface area contributed by atoms with Crippen molar-refractivity contribution in [2.24, 2.45) is 11.3 Å². The van der Waals surface area contributed by atoms with Crippen LogP contribution in [0.15, 0.2) is 0 Å². The number of carbonyl (C=O) groups is 1. The van der Waals surface area contributed by atoms with Gasteiger partial charge in [-0.25, -0.2) is 0 Å². The second-order valence-corrected chi connectivity index (χ2v) is 4.63. The summed E-state index contributed by atoms with van der Waals surface area (Å²) < 4.78 is 0. The van der Waals surface area contributed by atoms with Crippen LogP contribution >= 0.6 is 0 Å². The number of hydrogen-bond donors (Lipinski definition) is 0. The molecule has 1 saturated carbocycles. The first kappa shape index (κ1) is 10.7. The molecular weight excluding hydrogens is 160 g/mol. The molecule has 0 radical (unpaired) electrons. The van der Waals surface area contributed by atoms with Crippen molar-refractivity contribution in [2.75, 3.05) is 0 Å². The molecule has 0 aromatic carbocycles. The van der Waals surface area contributed by atoms with Crippen LogP contribution in [-0.2, 0) is 4.79 Å². The summed E-state index contributed by atoms with van der Waals surface area (Å²) in [6.45, 7) is 4.48. The predicted octanol–water partition coefficient (Wildman–Crippen LogP) is 3.57. The van der Waals surface area contributed by atoms with E-state index < -0.39 is 0 Å². The summed E-state index contributed by atoms with van der Waals surface area (Å²) in [5, 5.41) is 0. The van der Waals surface area contributed by atoms with Gasteiger partial charge in [-0.15, -0.1) is 0 Å². The summed E-state index contributed by atoms with van der Waals surface area (Å²) in [4.78, 5) is 10.8. The Bertz CT molecular complexity index is 153. The molecule has 1 nitrogen and oxygen atoms in total. The molecular formula is C12H22O. The van der Waals surface area contributed by atoms with Crippen LogP contribution in [0.25, 0.3) is 0 Å². The van der Waals surface area contributed by atoms with Crippen molar-refractivity contribution in [2.45, 2.75) is 58.8 Å². The van der Waals surface area contributed by atoms with Crippen LogP contribution < -0.4 is 0 Å². The zero-order valence-electron chi connectivity index (χ0n) is 9.01. The van der Waals surface area contributed by atoms with Gasteiger partial charge in [0.2, 0.25) is 0 Å². The maximum absolute atomic E-state index is 10.8. The lowest BCUT2D eigenvalue weighted by atomic mass is 9.87. The predicted molar refractivity (Wildman–Crippen MR) is 55.7 cm³/mol. The van der Waals surface area contributed by atoms with E-state index in [2.05, 4.69) is 13.8 Å². The van der Waals surface area contributed by atoms with E-state index in [-0.39, 0.29) is 5.41 Å². The Morgan fingerprint density at radius 1 is 1.23 bits per heavy atom. The van der Waals surface area contributed by atoms with E-state index in [0.717, 1.165) is 25.2 Å². The minimum Gasteiger partial charge on any atom is -0.303 e. The van der Waals surface area contributed by atoms with Crippen LogP contribution in [0.4, 0.5) is 0 Å². The van der Waals surface area contributed by atoms with Crippen molar-refractivity contribution >= 4 is 6.29 Å². The molecule has 0 N–H and O–H groups in total. The van der Waals surface area contributed by atoms with Gasteiger partial charge in [0.15, 0.2) is 0 Å². The average molecular weight is 182 g/mol. The molecule has 1 fully saturated rings. The normalized spacial score (nSPS) is 19.0. The molecule has 0 spiro atoms. The summed E-state index contributed by atoms with van der Waals surface area (Å²) in [6, 6.07) is 0. The van der Waals surface area contributed by atoms with Gasteiger partial charge in [0.05, 0.1) is 0 Å². The minimum atomic E-state index is 0.134. The van der Waals surface area contributed by atoms with Crippen LogP contribution in [0.5, 0.6) is 0 Å². The Morgan fingerprint density at radius 3 is 2.08 bits per heavy atom. The molecule has 0 amide bonds. The number of rotatable bonds is 7. The average Bonchev–Trinajstić information content (AvgIpc) is 2.87. The number of carbonyl (C=O) groups excluding carboxylic acids is 1. The summed E-state index contributed by atoms with van der Waals surface area (Å²) in [6.07, 6.45) is 9.83. The van der Waals surface area contributed by atoms with Gasteiger partial charge in [-0.05, 0) is 25.2 Å². The standard InChI is InChI=1S/C12H22O/c1-3-5-11(6-4-2)9-12(10-13)7-8-12/h10-11H,3-9H2,1-2H3. The molecule has 1 rings (SSSR count). The number of hydrogen-bond acceptors (Lipinski definition) is 1. The van der Waals surface area contributed by atoms with Crippen molar-refractivity contribution in [3.8, 4) is 0 Å². The molecule has 0 unspecified atom stereocenters. The molecule has 0 atom stereocenters. The summed E-state index contributed by atoms with van der Waals surface area (Å²) in [5.41, 5.74) is 0.134. The Morgan fingerprint density at radius 2 is 1.77 bits per heavy atom. The lowest BCUT2D eigenvalue weighted by molar-refractivity contribution is -0.112. The molecule has 0 heterocycles. The second-order valence-electron chi connectivity index (χ2n) is 4.63. The van der Waals surface area contributed by atoms with E-state index in [1.165, 1.54) is 32.0 Å². The van der Waals surface area contributed by atoms with E-state index in [1.54, 1.807) is 0 Å². The molecule has 0 aliphatic heterocycles. The zero-order valence-corrected chi connectivity index (χ0v) is 9.01. The SMILES string of the molecule is CCCC(CCC)CC1(C=O)CC1. The Kier molecular flexibility index (Phi) is 3.95. The minimum absolute atomic E-state index is 0.134. The fourth-order valence-corrected chi connectivity index (χ4v) is 2.27. The highest BCUT2D eigenvalue weighted by Crippen LogP contribution is 2.49. The smallest absolute Gasteiger partial charge is 0.126 e. The highest BCUT2D eigenvalue weighted by atomic mass is 16.1. The topological polar surface area (TPSA) is 17.1 Å². The molecule has 0 bridgehead atoms. The maximum Gasteiger partial charge on any atom is 0.126 e. The zero-order chi connectivity index (χ0) is 9.73. The van der Waals surface area contributed by atoms with Crippen LogP contribution in [0.1, 0.15) is 58.8 Å².